The smallest absolute Gasteiger partial charge is 0.0589 e. The molecule has 2 nitrogen and oxygen atoms in total. The highest BCUT2D eigenvalue weighted by atomic mass is 16.5. The number of aryl methyl sites for hydroxylation is 2. The van der Waals surface area contributed by atoms with Crippen LogP contribution in [0.25, 0.3) is 0 Å². The molecule has 0 radical (unpaired) electrons. The van der Waals surface area contributed by atoms with Crippen molar-refractivity contribution in [2.75, 3.05) is 20.3 Å². The molecule has 0 fully saturated rings. The SMILES string of the molecule is COCCN(Cc1ccccc1)Cc1cc(C)ccc1C. The Bertz CT molecular complexity index is 551. The number of hydrogen-bond donors (Lipinski definition) is 0. The van der Waals surface area contributed by atoms with E-state index in [9.17, 15) is 0 Å². The van der Waals surface area contributed by atoms with E-state index in [1.807, 2.05) is 0 Å². The van der Waals surface area contributed by atoms with Gasteiger partial charge in [-0.15, -0.1) is 0 Å². The molecule has 0 amide bonds. The lowest BCUT2D eigenvalue weighted by Gasteiger charge is -2.23. The van der Waals surface area contributed by atoms with Gasteiger partial charge in [0.2, 0.25) is 0 Å². The van der Waals surface area contributed by atoms with Crippen LogP contribution in [0.5, 0.6) is 0 Å². The minimum absolute atomic E-state index is 0.762. The molecule has 21 heavy (non-hydrogen) atoms. The van der Waals surface area contributed by atoms with Crippen molar-refractivity contribution in [2.45, 2.75) is 26.9 Å². The first-order valence-electron chi connectivity index (χ1n) is 7.50. The lowest BCUT2D eigenvalue weighted by Crippen LogP contribution is -2.27. The van der Waals surface area contributed by atoms with Gasteiger partial charge in [-0.2, -0.15) is 0 Å². The predicted octanol–water partition coefficient (Wildman–Crippen LogP) is 3.95. The molecule has 0 aliphatic carbocycles. The third-order valence-corrected chi connectivity index (χ3v) is 3.76. The van der Waals surface area contributed by atoms with Crippen LogP contribution in [0.15, 0.2) is 48.5 Å². The zero-order chi connectivity index (χ0) is 15.1. The molecular formula is C19H25NO. The lowest BCUT2D eigenvalue weighted by atomic mass is 10.0. The Morgan fingerprint density at radius 1 is 0.952 bits per heavy atom. The Labute approximate surface area is 128 Å². The average molecular weight is 283 g/mol. The summed E-state index contributed by atoms with van der Waals surface area (Å²) in [6, 6.07) is 17.3. The first kappa shape index (κ1) is 15.7. The Kier molecular flexibility index (Phi) is 5.97. The highest BCUT2D eigenvalue weighted by molar-refractivity contribution is 5.30. The highest BCUT2D eigenvalue weighted by Gasteiger charge is 2.09. The standard InChI is InChI=1S/C19H25NO/c1-16-9-10-17(2)19(13-16)15-20(11-12-21-3)14-18-7-5-4-6-8-18/h4-10,13H,11-12,14-15H2,1-3H3. The van der Waals surface area contributed by atoms with E-state index in [1.165, 1.54) is 22.3 Å². The molecule has 2 heteroatoms. The molecular weight excluding hydrogens is 258 g/mol. The minimum atomic E-state index is 0.762. The fourth-order valence-corrected chi connectivity index (χ4v) is 2.49. The van der Waals surface area contributed by atoms with Crippen molar-refractivity contribution in [1.29, 1.82) is 0 Å². The second-order valence-electron chi connectivity index (χ2n) is 5.62. The van der Waals surface area contributed by atoms with Gasteiger partial charge in [0.1, 0.15) is 0 Å². The number of nitrogens with zero attached hydrogens (tertiary/aromatic N) is 1. The molecule has 2 rings (SSSR count). The number of methoxy groups -OCH3 is 1. The number of rotatable bonds is 7. The van der Waals surface area contributed by atoms with Gasteiger partial charge in [-0.3, -0.25) is 4.90 Å². The maximum Gasteiger partial charge on any atom is 0.0589 e. The molecule has 0 N–H and O–H groups in total. The van der Waals surface area contributed by atoms with Crippen molar-refractivity contribution in [1.82, 2.24) is 4.90 Å². The Balaban J connectivity index is 2.10. The quantitative estimate of drug-likeness (QED) is 0.763. The summed E-state index contributed by atoms with van der Waals surface area (Å²) in [5, 5.41) is 0. The van der Waals surface area contributed by atoms with E-state index in [0.29, 0.717) is 0 Å². The van der Waals surface area contributed by atoms with Crippen LogP contribution in [0.1, 0.15) is 22.3 Å². The van der Waals surface area contributed by atoms with Crippen LogP contribution in [0.3, 0.4) is 0 Å². The van der Waals surface area contributed by atoms with Crippen LogP contribution >= 0.6 is 0 Å². The monoisotopic (exact) mass is 283 g/mol. The van der Waals surface area contributed by atoms with Crippen molar-refractivity contribution < 1.29 is 4.74 Å². The molecule has 0 unspecified atom stereocenters. The van der Waals surface area contributed by atoms with Gasteiger partial charge >= 0.3 is 0 Å². The Hall–Kier alpha value is -1.64. The molecule has 0 aliphatic rings. The Morgan fingerprint density at radius 3 is 2.43 bits per heavy atom. The minimum Gasteiger partial charge on any atom is -0.383 e. The third kappa shape index (κ3) is 5.00. The molecule has 0 saturated carbocycles. The van der Waals surface area contributed by atoms with E-state index >= 15 is 0 Å². The number of ether oxygens (including phenoxy) is 1. The summed E-state index contributed by atoms with van der Waals surface area (Å²) < 4.78 is 5.26. The largest absolute Gasteiger partial charge is 0.383 e. The summed E-state index contributed by atoms with van der Waals surface area (Å²) in [6.07, 6.45) is 0. The fraction of sp³-hybridized carbons (Fsp3) is 0.368. The van der Waals surface area contributed by atoms with Crippen molar-refractivity contribution in [3.8, 4) is 0 Å². The van der Waals surface area contributed by atoms with Crippen LogP contribution in [-0.4, -0.2) is 25.2 Å². The van der Waals surface area contributed by atoms with Gasteiger partial charge in [0.25, 0.3) is 0 Å². The molecule has 0 heterocycles. The maximum atomic E-state index is 5.26. The summed E-state index contributed by atoms with van der Waals surface area (Å²) in [4.78, 5) is 2.45. The van der Waals surface area contributed by atoms with E-state index in [2.05, 4.69) is 67.3 Å². The van der Waals surface area contributed by atoms with Crippen molar-refractivity contribution in [2.24, 2.45) is 0 Å². The van der Waals surface area contributed by atoms with Crippen molar-refractivity contribution in [3.63, 3.8) is 0 Å². The third-order valence-electron chi connectivity index (χ3n) is 3.76. The second-order valence-corrected chi connectivity index (χ2v) is 5.62. The number of hydrogen-bond acceptors (Lipinski definition) is 2. The maximum absolute atomic E-state index is 5.26. The van der Waals surface area contributed by atoms with Crippen molar-refractivity contribution in [3.05, 3.63) is 70.8 Å². The van der Waals surface area contributed by atoms with E-state index in [1.54, 1.807) is 7.11 Å². The van der Waals surface area contributed by atoms with Gasteiger partial charge < -0.3 is 4.74 Å². The van der Waals surface area contributed by atoms with E-state index in [4.69, 9.17) is 4.74 Å². The van der Waals surface area contributed by atoms with Crippen LogP contribution < -0.4 is 0 Å². The molecule has 2 aromatic carbocycles. The second kappa shape index (κ2) is 7.96. The van der Waals surface area contributed by atoms with Crippen LogP contribution in [0.2, 0.25) is 0 Å². The number of benzene rings is 2. The normalized spacial score (nSPS) is 11.0. The summed E-state index contributed by atoms with van der Waals surface area (Å²) in [5.41, 5.74) is 5.43. The highest BCUT2D eigenvalue weighted by Crippen LogP contribution is 2.15. The first-order valence-corrected chi connectivity index (χ1v) is 7.50. The van der Waals surface area contributed by atoms with E-state index in [0.717, 1.165) is 26.2 Å². The topological polar surface area (TPSA) is 12.5 Å². The molecule has 0 saturated heterocycles. The molecule has 0 aromatic heterocycles. The summed E-state index contributed by atoms with van der Waals surface area (Å²) in [7, 11) is 1.76. The molecule has 0 spiro atoms. The predicted molar refractivity (Wildman–Crippen MR) is 88.3 cm³/mol. The summed E-state index contributed by atoms with van der Waals surface area (Å²) >= 11 is 0. The van der Waals surface area contributed by atoms with Gasteiger partial charge in [0.15, 0.2) is 0 Å². The molecule has 0 atom stereocenters. The Morgan fingerprint density at radius 2 is 1.71 bits per heavy atom. The summed E-state index contributed by atoms with van der Waals surface area (Å²) in [6.45, 7) is 7.96. The first-order chi connectivity index (χ1) is 10.2. The zero-order valence-electron chi connectivity index (χ0n) is 13.3. The van der Waals surface area contributed by atoms with Gasteiger partial charge in [-0.05, 0) is 30.5 Å². The van der Waals surface area contributed by atoms with Crippen LogP contribution in [0.4, 0.5) is 0 Å². The summed E-state index contributed by atoms with van der Waals surface area (Å²) in [5.74, 6) is 0. The molecule has 0 bridgehead atoms. The van der Waals surface area contributed by atoms with E-state index in [-0.39, 0.29) is 0 Å². The molecule has 2 aromatic rings. The van der Waals surface area contributed by atoms with Gasteiger partial charge in [0, 0.05) is 26.7 Å². The van der Waals surface area contributed by atoms with Crippen molar-refractivity contribution >= 4 is 0 Å². The van der Waals surface area contributed by atoms with E-state index < -0.39 is 0 Å². The van der Waals surface area contributed by atoms with Gasteiger partial charge in [-0.1, -0.05) is 54.1 Å². The zero-order valence-corrected chi connectivity index (χ0v) is 13.3. The van der Waals surface area contributed by atoms with Crippen LogP contribution in [-0.2, 0) is 17.8 Å². The fourth-order valence-electron chi connectivity index (χ4n) is 2.49. The average Bonchev–Trinajstić information content (AvgIpc) is 2.49. The lowest BCUT2D eigenvalue weighted by molar-refractivity contribution is 0.140. The molecule has 112 valence electrons. The molecule has 0 aliphatic heterocycles. The van der Waals surface area contributed by atoms with Crippen LogP contribution in [0, 0.1) is 13.8 Å². The van der Waals surface area contributed by atoms with Gasteiger partial charge in [-0.25, -0.2) is 0 Å². The van der Waals surface area contributed by atoms with Gasteiger partial charge in [0.05, 0.1) is 6.61 Å².